The average molecular weight is 592 g/mol. The molecule has 3 N–H and O–H groups in total. The van der Waals surface area contributed by atoms with Crippen LogP contribution in [0.4, 0.5) is 38.0 Å². The number of hydrogen-bond acceptors (Lipinski definition) is 6. The number of nitrogens with one attached hydrogen (secondary N) is 1. The van der Waals surface area contributed by atoms with Crippen LogP contribution in [0.3, 0.4) is 0 Å². The lowest BCUT2D eigenvalue weighted by atomic mass is 9.87. The summed E-state index contributed by atoms with van der Waals surface area (Å²) >= 11 is 0. The van der Waals surface area contributed by atoms with Gasteiger partial charge >= 0.3 is 24.3 Å². The number of aromatic nitrogens is 3. The van der Waals surface area contributed by atoms with E-state index in [-0.39, 0.29) is 11.3 Å². The molecule has 10 nitrogen and oxygen atoms in total. The van der Waals surface area contributed by atoms with Gasteiger partial charge in [-0.1, -0.05) is 32.9 Å². The molecular formula is C25H27F6N5O5. The van der Waals surface area contributed by atoms with Gasteiger partial charge in [-0.25, -0.2) is 19.1 Å². The molecule has 0 radical (unpaired) electrons. The highest BCUT2D eigenvalue weighted by atomic mass is 19.4. The van der Waals surface area contributed by atoms with Crippen molar-refractivity contribution in [1.29, 1.82) is 0 Å². The predicted octanol–water partition coefficient (Wildman–Crippen LogP) is 5.15. The number of rotatable bonds is 3. The van der Waals surface area contributed by atoms with E-state index >= 15 is 0 Å². The highest BCUT2D eigenvalue weighted by Crippen LogP contribution is 2.23. The molecule has 0 bridgehead atoms. The van der Waals surface area contributed by atoms with Gasteiger partial charge in [0.15, 0.2) is 11.5 Å². The van der Waals surface area contributed by atoms with Gasteiger partial charge < -0.3 is 20.4 Å². The smallest absolute Gasteiger partial charge is 0.475 e. The molecule has 1 aliphatic rings. The first-order valence-corrected chi connectivity index (χ1v) is 11.9. The molecule has 0 spiro atoms. The zero-order valence-electron chi connectivity index (χ0n) is 22.0. The predicted molar refractivity (Wildman–Crippen MR) is 135 cm³/mol. The third-order valence-electron chi connectivity index (χ3n) is 5.48. The minimum Gasteiger partial charge on any atom is -0.475 e. The fourth-order valence-electron chi connectivity index (χ4n) is 3.36. The summed E-state index contributed by atoms with van der Waals surface area (Å²) in [4.78, 5) is 37.1. The van der Waals surface area contributed by atoms with Crippen LogP contribution in [0.2, 0.25) is 0 Å². The summed E-state index contributed by atoms with van der Waals surface area (Å²) in [5, 5.41) is 21.7. The molecule has 0 saturated carbocycles. The Morgan fingerprint density at radius 3 is 1.76 bits per heavy atom. The number of benzene rings is 1. The quantitative estimate of drug-likeness (QED) is 0.356. The number of carbonyl (C=O) groups excluding carboxylic acids is 1. The van der Waals surface area contributed by atoms with Crippen molar-refractivity contribution in [3.05, 3.63) is 53.7 Å². The molecule has 1 aromatic carbocycles. The molecule has 0 atom stereocenters. The maximum atomic E-state index is 12.5. The van der Waals surface area contributed by atoms with Crippen molar-refractivity contribution in [2.45, 2.75) is 51.4 Å². The van der Waals surface area contributed by atoms with Crippen LogP contribution in [0, 0.1) is 0 Å². The SMILES string of the molecule is CC(C)(C)c1ccc(C(=O)Nc2cn3nc(N4CCCC4)ccc3n2)cc1.O=C(O)C(F)(F)F.O=C(O)C(F)(F)F. The monoisotopic (exact) mass is 591 g/mol. The second-order valence-electron chi connectivity index (χ2n) is 9.70. The molecule has 1 fully saturated rings. The number of imidazole rings is 1. The van der Waals surface area contributed by atoms with E-state index in [1.54, 1.807) is 10.7 Å². The van der Waals surface area contributed by atoms with Gasteiger partial charge in [0.25, 0.3) is 5.91 Å². The number of anilines is 2. The molecule has 3 heterocycles. The molecule has 1 saturated heterocycles. The Labute approximate surface area is 229 Å². The van der Waals surface area contributed by atoms with Gasteiger partial charge in [0.05, 0.1) is 6.20 Å². The topological polar surface area (TPSA) is 137 Å². The zero-order valence-corrected chi connectivity index (χ0v) is 22.0. The molecule has 16 heteroatoms. The first-order valence-electron chi connectivity index (χ1n) is 11.9. The highest BCUT2D eigenvalue weighted by Gasteiger charge is 2.38. The van der Waals surface area contributed by atoms with Crippen molar-refractivity contribution < 1.29 is 50.9 Å². The van der Waals surface area contributed by atoms with Crippen LogP contribution in [0.1, 0.15) is 49.5 Å². The standard InChI is InChI=1S/C21H25N5O.2C2HF3O2/c1-21(2,3)16-8-6-15(7-9-16)20(27)23-17-14-26-18(22-17)10-11-19(24-26)25-12-4-5-13-25;2*3-2(4,5)1(6)7/h6-11,14H,4-5,12-13H2,1-3H3,(H,23,27);2*(H,6,7). The summed E-state index contributed by atoms with van der Waals surface area (Å²) in [5.74, 6) is -4.22. The van der Waals surface area contributed by atoms with Gasteiger partial charge in [-0.2, -0.15) is 26.3 Å². The third kappa shape index (κ3) is 9.95. The Balaban J connectivity index is 0.000000349. The van der Waals surface area contributed by atoms with Crippen molar-refractivity contribution in [1.82, 2.24) is 14.6 Å². The Morgan fingerprint density at radius 2 is 1.32 bits per heavy atom. The van der Waals surface area contributed by atoms with Crippen molar-refractivity contribution in [3.63, 3.8) is 0 Å². The van der Waals surface area contributed by atoms with E-state index in [9.17, 15) is 31.1 Å². The van der Waals surface area contributed by atoms with Crippen LogP contribution in [0.15, 0.2) is 42.6 Å². The number of carboxylic acids is 2. The number of fused-ring (bicyclic) bond motifs is 1. The second kappa shape index (κ2) is 12.9. The van der Waals surface area contributed by atoms with Gasteiger partial charge in [-0.05, 0) is 48.1 Å². The minimum absolute atomic E-state index is 0.0648. The first-order chi connectivity index (χ1) is 18.8. The molecule has 0 unspecified atom stereocenters. The van der Waals surface area contributed by atoms with Crippen molar-refractivity contribution in [2.75, 3.05) is 23.3 Å². The maximum Gasteiger partial charge on any atom is 0.490 e. The summed E-state index contributed by atoms with van der Waals surface area (Å²) in [6.45, 7) is 8.55. The summed E-state index contributed by atoms with van der Waals surface area (Å²) in [6.07, 6.45) is -5.99. The summed E-state index contributed by atoms with van der Waals surface area (Å²) in [6, 6.07) is 11.6. The average Bonchev–Trinajstić information content (AvgIpc) is 3.52. The highest BCUT2D eigenvalue weighted by molar-refractivity contribution is 6.03. The van der Waals surface area contributed by atoms with Crippen molar-refractivity contribution in [2.24, 2.45) is 0 Å². The molecule has 0 aliphatic carbocycles. The number of carboxylic acid groups (broad SMARTS) is 2. The third-order valence-corrected chi connectivity index (χ3v) is 5.48. The van der Waals surface area contributed by atoms with Crippen molar-refractivity contribution >= 4 is 35.1 Å². The number of nitrogens with zero attached hydrogens (tertiary/aromatic N) is 4. The summed E-state index contributed by atoms with van der Waals surface area (Å²) < 4.78 is 65.2. The van der Waals surface area contributed by atoms with E-state index in [1.807, 2.05) is 36.4 Å². The fourth-order valence-corrected chi connectivity index (χ4v) is 3.36. The van der Waals surface area contributed by atoms with Crippen LogP contribution in [0.25, 0.3) is 5.65 Å². The molecule has 2 aromatic heterocycles. The summed E-state index contributed by atoms with van der Waals surface area (Å²) in [5.41, 5.74) is 2.60. The lowest BCUT2D eigenvalue weighted by Gasteiger charge is -2.18. The number of alkyl halides is 6. The molecule has 4 rings (SSSR count). The van der Waals surface area contributed by atoms with Gasteiger partial charge in [0.1, 0.15) is 5.82 Å². The largest absolute Gasteiger partial charge is 0.490 e. The maximum absolute atomic E-state index is 12.5. The van der Waals surface area contributed by atoms with Crippen LogP contribution in [-0.4, -0.2) is 68.1 Å². The molecule has 41 heavy (non-hydrogen) atoms. The van der Waals surface area contributed by atoms with Crippen LogP contribution < -0.4 is 10.2 Å². The summed E-state index contributed by atoms with van der Waals surface area (Å²) in [7, 11) is 0. The lowest BCUT2D eigenvalue weighted by Crippen LogP contribution is -2.21. The normalized spacial score (nSPS) is 13.5. The Kier molecular flexibility index (Phi) is 10.3. The number of amides is 1. The van der Waals surface area contributed by atoms with E-state index in [0.717, 1.165) is 24.6 Å². The van der Waals surface area contributed by atoms with E-state index in [0.29, 0.717) is 11.4 Å². The second-order valence-corrected chi connectivity index (χ2v) is 9.70. The number of aliphatic carboxylic acids is 2. The first kappa shape index (κ1) is 32.8. The molecule has 3 aromatic rings. The van der Waals surface area contributed by atoms with Crippen LogP contribution in [0.5, 0.6) is 0 Å². The van der Waals surface area contributed by atoms with Crippen LogP contribution >= 0.6 is 0 Å². The number of hydrogen-bond donors (Lipinski definition) is 3. The zero-order chi connectivity index (χ0) is 31.2. The molecule has 1 amide bonds. The van der Waals surface area contributed by atoms with E-state index < -0.39 is 24.3 Å². The Bertz CT molecular complexity index is 1330. The van der Waals surface area contributed by atoms with Gasteiger partial charge in [0.2, 0.25) is 0 Å². The van der Waals surface area contributed by atoms with Crippen LogP contribution in [-0.2, 0) is 15.0 Å². The molecular weight excluding hydrogens is 564 g/mol. The Hall–Kier alpha value is -4.37. The minimum atomic E-state index is -5.08. The van der Waals surface area contributed by atoms with Crippen molar-refractivity contribution in [3.8, 4) is 0 Å². The van der Waals surface area contributed by atoms with Gasteiger partial charge in [-0.3, -0.25) is 4.79 Å². The lowest BCUT2D eigenvalue weighted by molar-refractivity contribution is -0.193. The molecule has 224 valence electrons. The van der Waals surface area contributed by atoms with Gasteiger partial charge in [-0.15, -0.1) is 5.10 Å². The van der Waals surface area contributed by atoms with E-state index in [1.165, 1.54) is 18.4 Å². The fraction of sp³-hybridized carbons (Fsp3) is 0.400. The van der Waals surface area contributed by atoms with Gasteiger partial charge in [0, 0.05) is 18.7 Å². The van der Waals surface area contributed by atoms with E-state index in [2.05, 4.69) is 41.1 Å². The number of carbonyl (C=O) groups is 3. The Morgan fingerprint density at radius 1 is 0.829 bits per heavy atom. The number of halogens is 6. The van der Waals surface area contributed by atoms with E-state index in [4.69, 9.17) is 19.8 Å². The molecule has 1 aliphatic heterocycles.